The molecule has 0 radical (unpaired) electrons. The van der Waals surface area contributed by atoms with Crippen molar-refractivity contribution < 1.29 is 8.83 Å². The van der Waals surface area contributed by atoms with E-state index in [4.69, 9.17) is 8.83 Å². The number of hydrogen-bond acceptors (Lipinski definition) is 3. The van der Waals surface area contributed by atoms with E-state index in [-0.39, 0.29) is 0 Å². The molecule has 0 fully saturated rings. The summed E-state index contributed by atoms with van der Waals surface area (Å²) in [5.74, 6) is 0.872. The van der Waals surface area contributed by atoms with Crippen molar-refractivity contribution in [2.75, 3.05) is 0 Å². The molecule has 2 heterocycles. The maximum Gasteiger partial charge on any atom is 0.420 e. The van der Waals surface area contributed by atoms with E-state index in [1.807, 2.05) is 66.7 Å². The molecule has 0 aliphatic rings. The minimum Gasteiger partial charge on any atom is -0.467 e. The summed E-state index contributed by atoms with van der Waals surface area (Å²) in [4.78, 5) is 12.5. The Hall–Kier alpha value is -3.27. The van der Waals surface area contributed by atoms with E-state index in [0.29, 0.717) is 18.1 Å². The van der Waals surface area contributed by atoms with Gasteiger partial charge in [-0.2, -0.15) is 0 Å². The zero-order chi connectivity index (χ0) is 16.4. The van der Waals surface area contributed by atoms with Gasteiger partial charge in [0, 0.05) is 11.1 Å². The zero-order valence-corrected chi connectivity index (χ0v) is 12.9. The van der Waals surface area contributed by atoms with E-state index in [1.165, 1.54) is 0 Å². The summed E-state index contributed by atoms with van der Waals surface area (Å²) in [7, 11) is 0. The van der Waals surface area contributed by atoms with Crippen molar-refractivity contribution in [3.8, 4) is 22.6 Å². The highest BCUT2D eigenvalue weighted by molar-refractivity contribution is 5.77. The zero-order valence-electron chi connectivity index (χ0n) is 12.9. The van der Waals surface area contributed by atoms with Gasteiger partial charge in [-0.3, -0.25) is 4.57 Å². The van der Waals surface area contributed by atoms with Crippen LogP contribution in [0.25, 0.3) is 22.6 Å². The van der Waals surface area contributed by atoms with Crippen LogP contribution >= 0.6 is 0 Å². The van der Waals surface area contributed by atoms with E-state index < -0.39 is 5.76 Å². The fourth-order valence-electron chi connectivity index (χ4n) is 2.77. The van der Waals surface area contributed by atoms with Gasteiger partial charge in [0.2, 0.25) is 0 Å². The molecule has 0 unspecified atom stereocenters. The SMILES string of the molecule is O=c1oc(-c2ccccc2)c(-c2ccccc2)n1Cc1ccco1. The predicted molar refractivity (Wildman–Crippen MR) is 91.7 cm³/mol. The molecule has 2 aromatic heterocycles. The molecule has 2 aromatic carbocycles. The van der Waals surface area contributed by atoms with Gasteiger partial charge in [0.15, 0.2) is 5.76 Å². The molecule has 118 valence electrons. The molecule has 4 rings (SSSR count). The first-order valence-corrected chi connectivity index (χ1v) is 7.70. The van der Waals surface area contributed by atoms with Crippen molar-refractivity contribution in [3.63, 3.8) is 0 Å². The highest BCUT2D eigenvalue weighted by Crippen LogP contribution is 2.31. The molecule has 0 aliphatic carbocycles. The minimum absolute atomic E-state index is 0.326. The average Bonchev–Trinajstić information content (AvgIpc) is 3.25. The molecule has 0 spiro atoms. The Morgan fingerprint density at radius 2 is 1.46 bits per heavy atom. The van der Waals surface area contributed by atoms with Crippen molar-refractivity contribution in [1.82, 2.24) is 4.57 Å². The van der Waals surface area contributed by atoms with Gasteiger partial charge < -0.3 is 8.83 Å². The van der Waals surface area contributed by atoms with Crippen LogP contribution < -0.4 is 5.76 Å². The molecule has 24 heavy (non-hydrogen) atoms. The number of aromatic nitrogens is 1. The number of hydrogen-bond donors (Lipinski definition) is 0. The van der Waals surface area contributed by atoms with Gasteiger partial charge in [0.1, 0.15) is 5.76 Å². The normalized spacial score (nSPS) is 10.8. The molecule has 0 amide bonds. The van der Waals surface area contributed by atoms with Crippen LogP contribution in [0, 0.1) is 0 Å². The van der Waals surface area contributed by atoms with E-state index >= 15 is 0 Å². The van der Waals surface area contributed by atoms with Crippen LogP contribution in [-0.4, -0.2) is 4.57 Å². The van der Waals surface area contributed by atoms with Gasteiger partial charge in [0.05, 0.1) is 18.5 Å². The number of nitrogens with zero attached hydrogens (tertiary/aromatic N) is 1. The highest BCUT2D eigenvalue weighted by atomic mass is 16.4. The summed E-state index contributed by atoms with van der Waals surface area (Å²) >= 11 is 0. The summed E-state index contributed by atoms with van der Waals surface area (Å²) in [6.07, 6.45) is 1.60. The summed E-state index contributed by atoms with van der Waals surface area (Å²) in [5, 5.41) is 0. The third-order valence-electron chi connectivity index (χ3n) is 3.87. The number of benzene rings is 2. The smallest absolute Gasteiger partial charge is 0.420 e. The third kappa shape index (κ3) is 2.58. The Labute approximate surface area is 138 Å². The molecule has 0 bridgehead atoms. The van der Waals surface area contributed by atoms with Gasteiger partial charge in [-0.05, 0) is 12.1 Å². The Morgan fingerprint density at radius 3 is 2.08 bits per heavy atom. The van der Waals surface area contributed by atoms with Crippen LogP contribution in [0.15, 0.2) is 92.7 Å². The van der Waals surface area contributed by atoms with Crippen LogP contribution in [0.3, 0.4) is 0 Å². The lowest BCUT2D eigenvalue weighted by atomic mass is 10.1. The Bertz CT molecular complexity index is 981. The lowest BCUT2D eigenvalue weighted by molar-refractivity contribution is 0.459. The van der Waals surface area contributed by atoms with E-state index in [0.717, 1.165) is 16.8 Å². The monoisotopic (exact) mass is 317 g/mol. The van der Waals surface area contributed by atoms with Gasteiger partial charge in [-0.15, -0.1) is 0 Å². The van der Waals surface area contributed by atoms with Crippen LogP contribution in [0.1, 0.15) is 5.76 Å². The second-order valence-corrected chi connectivity index (χ2v) is 5.44. The van der Waals surface area contributed by atoms with E-state index in [2.05, 4.69) is 0 Å². The summed E-state index contributed by atoms with van der Waals surface area (Å²) in [5.41, 5.74) is 2.55. The Kier molecular flexibility index (Phi) is 3.63. The van der Waals surface area contributed by atoms with E-state index in [1.54, 1.807) is 16.9 Å². The molecular weight excluding hydrogens is 302 g/mol. The molecule has 0 N–H and O–H groups in total. The molecule has 4 heteroatoms. The lowest BCUT2D eigenvalue weighted by Gasteiger charge is -2.07. The molecule has 0 atom stereocenters. The number of rotatable bonds is 4. The van der Waals surface area contributed by atoms with E-state index in [9.17, 15) is 4.79 Å². The fraction of sp³-hybridized carbons (Fsp3) is 0.0500. The van der Waals surface area contributed by atoms with Crippen LogP contribution in [-0.2, 0) is 6.54 Å². The van der Waals surface area contributed by atoms with Crippen molar-refractivity contribution in [1.29, 1.82) is 0 Å². The Morgan fingerprint density at radius 1 is 0.792 bits per heavy atom. The molecule has 0 saturated carbocycles. The molecule has 4 aromatic rings. The molecule has 0 saturated heterocycles. The predicted octanol–water partition coefficient (Wildman–Crippen LogP) is 4.42. The molecule has 0 aliphatic heterocycles. The van der Waals surface area contributed by atoms with Gasteiger partial charge in [-0.1, -0.05) is 60.7 Å². The second-order valence-electron chi connectivity index (χ2n) is 5.44. The molecule has 4 nitrogen and oxygen atoms in total. The summed E-state index contributed by atoms with van der Waals surface area (Å²) in [6.45, 7) is 0.326. The van der Waals surface area contributed by atoms with Gasteiger partial charge >= 0.3 is 5.76 Å². The van der Waals surface area contributed by atoms with Crippen molar-refractivity contribution >= 4 is 0 Å². The standard InChI is InChI=1S/C20H15NO3/c22-20-21(14-17-12-7-13-23-17)18(15-8-3-1-4-9-15)19(24-20)16-10-5-2-6-11-16/h1-13H,14H2. The first kappa shape index (κ1) is 14.3. The lowest BCUT2D eigenvalue weighted by Crippen LogP contribution is -2.15. The second kappa shape index (κ2) is 6.08. The fourth-order valence-corrected chi connectivity index (χ4v) is 2.77. The Balaban J connectivity index is 1.93. The van der Waals surface area contributed by atoms with Crippen molar-refractivity contribution in [3.05, 3.63) is 95.4 Å². The largest absolute Gasteiger partial charge is 0.467 e. The maximum atomic E-state index is 12.5. The highest BCUT2D eigenvalue weighted by Gasteiger charge is 2.20. The maximum absolute atomic E-state index is 12.5. The minimum atomic E-state index is -0.399. The first-order valence-electron chi connectivity index (χ1n) is 7.70. The molecular formula is C20H15NO3. The van der Waals surface area contributed by atoms with Crippen molar-refractivity contribution in [2.24, 2.45) is 0 Å². The quantitative estimate of drug-likeness (QED) is 0.560. The average molecular weight is 317 g/mol. The van der Waals surface area contributed by atoms with Gasteiger partial charge in [-0.25, -0.2) is 4.79 Å². The summed E-state index contributed by atoms with van der Waals surface area (Å²) < 4.78 is 12.6. The number of oxazole rings is 1. The first-order chi connectivity index (χ1) is 11.8. The van der Waals surface area contributed by atoms with Gasteiger partial charge in [0.25, 0.3) is 0 Å². The summed E-state index contributed by atoms with van der Waals surface area (Å²) in [6, 6.07) is 23.1. The third-order valence-corrected chi connectivity index (χ3v) is 3.87. The van der Waals surface area contributed by atoms with Crippen LogP contribution in [0.4, 0.5) is 0 Å². The number of furan rings is 1. The van der Waals surface area contributed by atoms with Crippen LogP contribution in [0.5, 0.6) is 0 Å². The topological polar surface area (TPSA) is 48.3 Å². The van der Waals surface area contributed by atoms with Crippen molar-refractivity contribution in [2.45, 2.75) is 6.54 Å². The van der Waals surface area contributed by atoms with Crippen LogP contribution in [0.2, 0.25) is 0 Å².